The molecule has 0 radical (unpaired) electrons. The third-order valence-electron chi connectivity index (χ3n) is 4.47. The van der Waals surface area contributed by atoms with Crippen LogP contribution in [0.4, 0.5) is 15.9 Å². The number of benzene rings is 2. The molecular weight excluding hydrogens is 417 g/mol. The van der Waals surface area contributed by atoms with Crippen LogP contribution in [-0.4, -0.2) is 47.1 Å². The van der Waals surface area contributed by atoms with Gasteiger partial charge in [0.1, 0.15) is 31.1 Å². The highest BCUT2D eigenvalue weighted by molar-refractivity contribution is 7.09. The molecule has 0 amide bonds. The number of hydrogen-bond donors (Lipinski definition) is 1. The lowest BCUT2D eigenvalue weighted by Crippen LogP contribution is -2.19. The smallest absolute Gasteiger partial charge is 0.167 e. The van der Waals surface area contributed by atoms with Gasteiger partial charge in [-0.25, -0.2) is 14.4 Å². The van der Waals surface area contributed by atoms with Crippen LogP contribution in [0.3, 0.4) is 0 Å². The van der Waals surface area contributed by atoms with Gasteiger partial charge in [0.05, 0.1) is 21.3 Å². The topological polar surface area (TPSA) is 72.4 Å². The lowest BCUT2D eigenvalue weighted by Gasteiger charge is -2.15. The lowest BCUT2D eigenvalue weighted by atomic mass is 10.2. The Bertz CT molecular complexity index is 1150. The molecule has 0 aliphatic heterocycles. The Morgan fingerprint density at radius 1 is 1.10 bits per heavy atom. The number of likely N-dealkylation sites (N-methyl/N-ethyl adjacent to an activating group) is 1. The van der Waals surface area contributed by atoms with Gasteiger partial charge in [-0.1, -0.05) is 6.07 Å². The summed E-state index contributed by atoms with van der Waals surface area (Å²) >= 11 is 1.46. The molecule has 0 spiro atoms. The first-order valence-corrected chi connectivity index (χ1v) is 10.6. The average molecular weight is 440 g/mol. The van der Waals surface area contributed by atoms with Crippen molar-refractivity contribution in [3.05, 3.63) is 65.1 Å². The largest absolute Gasteiger partial charge is 0.491 e. The van der Waals surface area contributed by atoms with Crippen LogP contribution < -0.4 is 14.8 Å². The summed E-state index contributed by atoms with van der Waals surface area (Å²) in [6, 6.07) is 10.4. The predicted octanol–water partition coefficient (Wildman–Crippen LogP) is 4.49. The molecule has 0 bridgehead atoms. The van der Waals surface area contributed by atoms with E-state index < -0.39 is 5.82 Å². The Morgan fingerprint density at radius 2 is 2.00 bits per heavy atom. The number of rotatable bonds is 9. The summed E-state index contributed by atoms with van der Waals surface area (Å²) in [7, 11) is 3.98. The van der Waals surface area contributed by atoms with Gasteiger partial charge in [0.2, 0.25) is 0 Å². The second-order valence-corrected chi connectivity index (χ2v) is 8.02. The molecule has 0 atom stereocenters. The van der Waals surface area contributed by atoms with Crippen molar-refractivity contribution in [3.8, 4) is 11.5 Å². The summed E-state index contributed by atoms with van der Waals surface area (Å²) in [6.45, 7) is 1.58. The van der Waals surface area contributed by atoms with E-state index >= 15 is 0 Å². The molecule has 7 nitrogen and oxygen atoms in total. The van der Waals surface area contributed by atoms with Gasteiger partial charge >= 0.3 is 0 Å². The Hall–Kier alpha value is -3.30. The van der Waals surface area contributed by atoms with Crippen molar-refractivity contribution < 1.29 is 13.9 Å². The second kappa shape index (κ2) is 9.67. The highest BCUT2D eigenvalue weighted by Crippen LogP contribution is 2.32. The fourth-order valence-corrected chi connectivity index (χ4v) is 3.43. The Balaban J connectivity index is 1.54. The SMILES string of the molecule is CN(C)CCOc1cccc2ncnc(Nc3ccc(OCc4cncs4)c(F)c3)c12. The molecule has 2 aromatic carbocycles. The molecule has 1 N–H and O–H groups in total. The third kappa shape index (κ3) is 5.25. The van der Waals surface area contributed by atoms with Crippen molar-refractivity contribution in [2.45, 2.75) is 6.61 Å². The van der Waals surface area contributed by atoms with Crippen molar-refractivity contribution in [1.29, 1.82) is 0 Å². The predicted molar refractivity (Wildman–Crippen MR) is 120 cm³/mol. The molecule has 0 saturated carbocycles. The van der Waals surface area contributed by atoms with Crippen LogP contribution in [0, 0.1) is 5.82 Å². The van der Waals surface area contributed by atoms with E-state index in [9.17, 15) is 4.39 Å². The van der Waals surface area contributed by atoms with Crippen molar-refractivity contribution in [1.82, 2.24) is 19.9 Å². The Kier molecular flexibility index (Phi) is 6.54. The molecule has 2 aromatic heterocycles. The standard InChI is InChI=1S/C22H22FN5O2S/c1-28(2)8-9-29-20-5-3-4-18-21(20)22(26-13-25-18)27-15-6-7-19(17(23)10-15)30-12-16-11-24-14-31-16/h3-7,10-11,13-14H,8-9,12H2,1-2H3,(H,25,26,27). The van der Waals surface area contributed by atoms with Gasteiger partial charge in [0.15, 0.2) is 11.6 Å². The Morgan fingerprint density at radius 3 is 2.77 bits per heavy atom. The number of nitrogens with zero attached hydrogens (tertiary/aromatic N) is 4. The van der Waals surface area contributed by atoms with Crippen molar-refractivity contribution in [2.75, 3.05) is 32.6 Å². The molecule has 0 saturated heterocycles. The van der Waals surface area contributed by atoms with Crippen LogP contribution in [0.1, 0.15) is 4.88 Å². The first-order chi connectivity index (χ1) is 15.1. The summed E-state index contributed by atoms with van der Waals surface area (Å²) in [5, 5.41) is 3.92. The van der Waals surface area contributed by atoms with E-state index in [1.165, 1.54) is 23.7 Å². The maximum absolute atomic E-state index is 14.6. The van der Waals surface area contributed by atoms with Gasteiger partial charge in [-0.15, -0.1) is 11.3 Å². The molecule has 31 heavy (non-hydrogen) atoms. The van der Waals surface area contributed by atoms with Gasteiger partial charge in [-0.3, -0.25) is 4.98 Å². The highest BCUT2D eigenvalue weighted by atomic mass is 32.1. The van der Waals surface area contributed by atoms with E-state index in [2.05, 4.69) is 20.3 Å². The molecule has 0 aliphatic rings. The molecule has 0 aliphatic carbocycles. The van der Waals surface area contributed by atoms with Gasteiger partial charge in [-0.2, -0.15) is 0 Å². The number of hydrogen-bond acceptors (Lipinski definition) is 8. The van der Waals surface area contributed by atoms with Crippen molar-refractivity contribution in [2.24, 2.45) is 0 Å². The number of aromatic nitrogens is 3. The Labute approximate surface area is 183 Å². The summed E-state index contributed by atoms with van der Waals surface area (Å²) in [5.41, 5.74) is 3.00. The minimum absolute atomic E-state index is 0.180. The van der Waals surface area contributed by atoms with E-state index in [0.29, 0.717) is 23.9 Å². The maximum atomic E-state index is 14.6. The van der Waals surface area contributed by atoms with E-state index in [1.54, 1.807) is 23.8 Å². The van der Waals surface area contributed by atoms with Gasteiger partial charge in [0, 0.05) is 24.5 Å². The molecular formula is C22H22FN5O2S. The molecule has 160 valence electrons. The maximum Gasteiger partial charge on any atom is 0.167 e. The van der Waals surface area contributed by atoms with E-state index in [4.69, 9.17) is 9.47 Å². The highest BCUT2D eigenvalue weighted by Gasteiger charge is 2.12. The third-order valence-corrected chi connectivity index (χ3v) is 5.22. The van der Waals surface area contributed by atoms with Crippen molar-refractivity contribution >= 4 is 33.7 Å². The summed E-state index contributed by atoms with van der Waals surface area (Å²) in [5.74, 6) is 0.935. The first-order valence-electron chi connectivity index (χ1n) is 9.68. The molecule has 4 aromatic rings. The van der Waals surface area contributed by atoms with Crippen LogP contribution in [0.5, 0.6) is 11.5 Å². The van der Waals surface area contributed by atoms with Crippen molar-refractivity contribution in [3.63, 3.8) is 0 Å². The van der Waals surface area contributed by atoms with Crippen LogP contribution in [0.25, 0.3) is 10.9 Å². The number of thiazole rings is 1. The average Bonchev–Trinajstić information content (AvgIpc) is 3.27. The molecule has 2 heterocycles. The van der Waals surface area contributed by atoms with Crippen LogP contribution in [0.15, 0.2) is 54.4 Å². The van der Waals surface area contributed by atoms with Crippen LogP contribution in [-0.2, 0) is 6.61 Å². The monoisotopic (exact) mass is 439 g/mol. The second-order valence-electron chi connectivity index (χ2n) is 7.05. The minimum Gasteiger partial charge on any atom is -0.491 e. The fraction of sp³-hybridized carbons (Fsp3) is 0.227. The molecule has 0 unspecified atom stereocenters. The fourth-order valence-electron chi connectivity index (χ4n) is 2.93. The number of halogens is 1. The normalized spacial score (nSPS) is 11.1. The summed E-state index contributed by atoms with van der Waals surface area (Å²) in [6.07, 6.45) is 3.17. The zero-order valence-electron chi connectivity index (χ0n) is 17.2. The quantitative estimate of drug-likeness (QED) is 0.412. The lowest BCUT2D eigenvalue weighted by molar-refractivity contribution is 0.263. The zero-order valence-corrected chi connectivity index (χ0v) is 18.0. The number of anilines is 2. The number of nitrogens with one attached hydrogen (secondary N) is 1. The van der Waals surface area contributed by atoms with E-state index in [1.807, 2.05) is 37.2 Å². The van der Waals surface area contributed by atoms with Gasteiger partial charge in [-0.05, 0) is 38.4 Å². The van der Waals surface area contributed by atoms with Gasteiger partial charge in [0.25, 0.3) is 0 Å². The van der Waals surface area contributed by atoms with Crippen LogP contribution in [0.2, 0.25) is 0 Å². The van der Waals surface area contributed by atoms with E-state index in [0.717, 1.165) is 22.3 Å². The minimum atomic E-state index is -0.463. The number of ether oxygens (including phenoxy) is 2. The van der Waals surface area contributed by atoms with E-state index in [-0.39, 0.29) is 12.4 Å². The zero-order chi connectivity index (χ0) is 21.6. The summed E-state index contributed by atoms with van der Waals surface area (Å²) < 4.78 is 26.1. The molecule has 0 fully saturated rings. The summed E-state index contributed by atoms with van der Waals surface area (Å²) in [4.78, 5) is 15.6. The molecule has 9 heteroatoms. The van der Waals surface area contributed by atoms with Gasteiger partial charge < -0.3 is 19.7 Å². The number of fused-ring (bicyclic) bond motifs is 1. The van der Waals surface area contributed by atoms with Crippen LogP contribution >= 0.6 is 11.3 Å². The molecule has 4 rings (SSSR count). The first kappa shape index (κ1) is 21.0.